The third-order valence-electron chi connectivity index (χ3n) is 3.32. The summed E-state index contributed by atoms with van der Waals surface area (Å²) in [4.78, 5) is 14.0. The van der Waals surface area contributed by atoms with E-state index in [0.29, 0.717) is 13.2 Å². The minimum absolute atomic E-state index is 0.139. The molecule has 3 rings (SSSR count). The lowest BCUT2D eigenvalue weighted by Gasteiger charge is -2.29. The molecule has 0 saturated carbocycles. The predicted molar refractivity (Wildman–Crippen MR) is 76.1 cm³/mol. The number of hydrogen-bond donors (Lipinski definition) is 1. The van der Waals surface area contributed by atoms with Crippen molar-refractivity contribution in [1.82, 2.24) is 0 Å². The normalized spacial score (nSPS) is 15.0. The third kappa shape index (κ3) is 3.05. The molecule has 1 aliphatic rings. The van der Waals surface area contributed by atoms with Gasteiger partial charge < -0.3 is 19.4 Å². The van der Waals surface area contributed by atoms with Gasteiger partial charge in [0.25, 0.3) is 5.91 Å². The molecule has 0 bridgehead atoms. The summed E-state index contributed by atoms with van der Waals surface area (Å²) < 4.78 is 24.1. The number of rotatable bonds is 3. The van der Waals surface area contributed by atoms with Crippen LogP contribution >= 0.6 is 0 Å². The Kier molecular flexibility index (Phi) is 3.87. The average Bonchev–Trinajstić information content (AvgIpc) is 3.05. The number of nitrogens with zero attached hydrogens (tertiary/aromatic N) is 1. The van der Waals surface area contributed by atoms with Crippen molar-refractivity contribution in [2.24, 2.45) is 0 Å². The first-order valence-electron chi connectivity index (χ1n) is 6.71. The number of carbonyl (C=O) groups excluding carboxylic acids is 1. The topological polar surface area (TPSA) is 54.7 Å². The van der Waals surface area contributed by atoms with Crippen molar-refractivity contribution in [3.05, 3.63) is 48.2 Å². The highest BCUT2D eigenvalue weighted by atomic mass is 19.1. The van der Waals surface area contributed by atoms with Gasteiger partial charge >= 0.3 is 0 Å². The zero-order chi connectivity index (χ0) is 14.7. The molecule has 5 nitrogen and oxygen atoms in total. The van der Waals surface area contributed by atoms with E-state index >= 15 is 0 Å². The molecule has 1 aliphatic heterocycles. The highest BCUT2D eigenvalue weighted by molar-refractivity contribution is 6.02. The Labute approximate surface area is 121 Å². The fourth-order valence-electron chi connectivity index (χ4n) is 2.22. The summed E-state index contributed by atoms with van der Waals surface area (Å²) in [5.74, 6) is -0.809. The summed E-state index contributed by atoms with van der Waals surface area (Å²) in [6.45, 7) is 2.78. The summed E-state index contributed by atoms with van der Waals surface area (Å²) in [6, 6.07) is 7.81. The first kappa shape index (κ1) is 13.6. The van der Waals surface area contributed by atoms with Crippen molar-refractivity contribution in [3.63, 3.8) is 0 Å². The van der Waals surface area contributed by atoms with Crippen LogP contribution in [0.3, 0.4) is 0 Å². The van der Waals surface area contributed by atoms with Crippen molar-refractivity contribution in [1.29, 1.82) is 0 Å². The second-order valence-electron chi connectivity index (χ2n) is 4.69. The molecule has 6 heteroatoms. The molecule has 1 aromatic heterocycles. The van der Waals surface area contributed by atoms with Gasteiger partial charge in [0.15, 0.2) is 5.76 Å². The Bertz CT molecular complexity index is 622. The van der Waals surface area contributed by atoms with Gasteiger partial charge in [0.05, 0.1) is 25.2 Å². The van der Waals surface area contributed by atoms with Crippen molar-refractivity contribution in [2.75, 3.05) is 36.5 Å². The second kappa shape index (κ2) is 5.97. The molecule has 2 aromatic rings. The molecule has 1 N–H and O–H groups in total. The first-order valence-corrected chi connectivity index (χ1v) is 6.71. The lowest BCUT2D eigenvalue weighted by molar-refractivity contribution is 0.0996. The number of nitrogens with one attached hydrogen (secondary N) is 1. The number of ether oxygens (including phenoxy) is 1. The molecule has 0 unspecified atom stereocenters. The van der Waals surface area contributed by atoms with E-state index in [0.717, 1.165) is 18.8 Å². The number of anilines is 2. The van der Waals surface area contributed by atoms with Crippen LogP contribution in [-0.2, 0) is 4.74 Å². The number of morpholine rings is 1. The maximum absolute atomic E-state index is 13.9. The van der Waals surface area contributed by atoms with Gasteiger partial charge in [-0.15, -0.1) is 0 Å². The number of hydrogen-bond acceptors (Lipinski definition) is 4. The summed E-state index contributed by atoms with van der Waals surface area (Å²) in [7, 11) is 0. The Morgan fingerprint density at radius 2 is 2.05 bits per heavy atom. The second-order valence-corrected chi connectivity index (χ2v) is 4.69. The Morgan fingerprint density at radius 1 is 1.24 bits per heavy atom. The summed E-state index contributed by atoms with van der Waals surface area (Å²) >= 11 is 0. The molecule has 1 saturated heterocycles. The van der Waals surface area contributed by atoms with Crippen molar-refractivity contribution < 1.29 is 18.3 Å². The molecule has 1 amide bonds. The lowest BCUT2D eigenvalue weighted by Crippen LogP contribution is -2.36. The fraction of sp³-hybridized carbons (Fsp3) is 0.267. The van der Waals surface area contributed by atoms with E-state index in [-0.39, 0.29) is 11.4 Å². The number of halogens is 1. The minimum Gasteiger partial charge on any atom is -0.459 e. The molecular weight excluding hydrogens is 275 g/mol. The van der Waals surface area contributed by atoms with Crippen LogP contribution in [0, 0.1) is 5.82 Å². The molecule has 0 aliphatic carbocycles. The van der Waals surface area contributed by atoms with Crippen LogP contribution < -0.4 is 10.2 Å². The van der Waals surface area contributed by atoms with E-state index in [1.165, 1.54) is 18.4 Å². The van der Waals surface area contributed by atoms with Crippen LogP contribution in [-0.4, -0.2) is 32.2 Å². The Hall–Kier alpha value is -2.34. The first-order chi connectivity index (χ1) is 10.2. The number of amides is 1. The zero-order valence-corrected chi connectivity index (χ0v) is 11.3. The van der Waals surface area contributed by atoms with Crippen molar-refractivity contribution in [3.8, 4) is 0 Å². The van der Waals surface area contributed by atoms with Gasteiger partial charge in [0.2, 0.25) is 0 Å². The van der Waals surface area contributed by atoms with Crippen LogP contribution in [0.4, 0.5) is 15.8 Å². The number of benzene rings is 1. The smallest absolute Gasteiger partial charge is 0.291 e. The molecule has 1 aromatic carbocycles. The third-order valence-corrected chi connectivity index (χ3v) is 3.32. The molecule has 0 atom stereocenters. The summed E-state index contributed by atoms with van der Waals surface area (Å²) in [5, 5.41) is 2.53. The summed E-state index contributed by atoms with van der Waals surface area (Å²) in [5.41, 5.74) is 0.995. The monoisotopic (exact) mass is 290 g/mol. The highest BCUT2D eigenvalue weighted by Gasteiger charge is 2.15. The van der Waals surface area contributed by atoms with Crippen molar-refractivity contribution in [2.45, 2.75) is 0 Å². The van der Waals surface area contributed by atoms with Gasteiger partial charge in [0, 0.05) is 18.8 Å². The molecule has 2 heterocycles. The van der Waals surface area contributed by atoms with Gasteiger partial charge in [-0.25, -0.2) is 4.39 Å². The van der Waals surface area contributed by atoms with E-state index < -0.39 is 11.7 Å². The van der Waals surface area contributed by atoms with Crippen LogP contribution in [0.2, 0.25) is 0 Å². The van der Waals surface area contributed by atoms with Gasteiger partial charge in [0.1, 0.15) is 5.82 Å². The molecular formula is C15H15FN2O3. The molecule has 0 radical (unpaired) electrons. The predicted octanol–water partition coefficient (Wildman–Crippen LogP) is 2.51. The number of furan rings is 1. The Balaban J connectivity index is 1.79. The van der Waals surface area contributed by atoms with Gasteiger partial charge in [-0.1, -0.05) is 0 Å². The van der Waals surface area contributed by atoms with E-state index in [1.54, 1.807) is 18.2 Å². The fourth-order valence-corrected chi connectivity index (χ4v) is 2.22. The van der Waals surface area contributed by atoms with Crippen LogP contribution in [0.1, 0.15) is 10.6 Å². The summed E-state index contributed by atoms with van der Waals surface area (Å²) in [6.07, 6.45) is 1.40. The van der Waals surface area contributed by atoms with Crippen LogP contribution in [0.5, 0.6) is 0 Å². The molecule has 1 fully saturated rings. The number of carbonyl (C=O) groups is 1. The SMILES string of the molecule is O=C(Nc1cc(N2CCOCC2)ccc1F)c1ccco1. The van der Waals surface area contributed by atoms with E-state index in [1.807, 2.05) is 0 Å². The van der Waals surface area contributed by atoms with Gasteiger partial charge in [-0.3, -0.25) is 4.79 Å². The molecule has 110 valence electrons. The van der Waals surface area contributed by atoms with E-state index in [4.69, 9.17) is 9.15 Å². The van der Waals surface area contributed by atoms with Gasteiger partial charge in [-0.2, -0.15) is 0 Å². The van der Waals surface area contributed by atoms with Gasteiger partial charge in [-0.05, 0) is 30.3 Å². The highest BCUT2D eigenvalue weighted by Crippen LogP contribution is 2.24. The quantitative estimate of drug-likeness (QED) is 0.943. The lowest BCUT2D eigenvalue weighted by atomic mass is 10.2. The largest absolute Gasteiger partial charge is 0.459 e. The van der Waals surface area contributed by atoms with Crippen LogP contribution in [0.25, 0.3) is 0 Å². The van der Waals surface area contributed by atoms with E-state index in [9.17, 15) is 9.18 Å². The maximum atomic E-state index is 13.9. The van der Waals surface area contributed by atoms with Crippen LogP contribution in [0.15, 0.2) is 41.0 Å². The Morgan fingerprint density at radius 3 is 2.76 bits per heavy atom. The maximum Gasteiger partial charge on any atom is 0.291 e. The minimum atomic E-state index is -0.480. The molecule has 0 spiro atoms. The zero-order valence-electron chi connectivity index (χ0n) is 11.3. The van der Waals surface area contributed by atoms with E-state index in [2.05, 4.69) is 10.2 Å². The molecule has 21 heavy (non-hydrogen) atoms. The van der Waals surface area contributed by atoms with Crippen molar-refractivity contribution >= 4 is 17.3 Å². The average molecular weight is 290 g/mol. The standard InChI is InChI=1S/C15H15FN2O3/c16-12-4-3-11(18-5-8-20-9-6-18)10-13(12)17-15(19)14-2-1-7-21-14/h1-4,7,10H,5-6,8-9H2,(H,17,19).